The zero-order valence-corrected chi connectivity index (χ0v) is 11.4. The molecule has 20 heavy (non-hydrogen) atoms. The normalized spacial score (nSPS) is 10.1. The van der Waals surface area contributed by atoms with Gasteiger partial charge in [-0.25, -0.2) is 4.79 Å². The van der Waals surface area contributed by atoms with Gasteiger partial charge in [0.05, 0.1) is 0 Å². The van der Waals surface area contributed by atoms with Crippen LogP contribution in [-0.2, 0) is 0 Å². The minimum absolute atomic E-state index is 0.373. The van der Waals surface area contributed by atoms with Crippen molar-refractivity contribution < 1.29 is 9.90 Å². The topological polar surface area (TPSA) is 52.6 Å². The first kappa shape index (κ1) is 13.9. The minimum atomic E-state index is -0.998. The van der Waals surface area contributed by atoms with Crippen LogP contribution in [-0.4, -0.2) is 24.3 Å². The van der Waals surface area contributed by atoms with E-state index in [0.717, 1.165) is 11.4 Å². The Kier molecular flexibility index (Phi) is 4.60. The molecule has 2 rings (SSSR count). The van der Waals surface area contributed by atoms with Crippen LogP contribution in [0.4, 0.5) is 16.2 Å². The Morgan fingerprint density at radius 1 is 1.10 bits per heavy atom. The Morgan fingerprint density at radius 2 is 1.80 bits per heavy atom. The van der Waals surface area contributed by atoms with Gasteiger partial charge in [-0.1, -0.05) is 30.3 Å². The molecule has 1 amide bonds. The van der Waals surface area contributed by atoms with Gasteiger partial charge in [0.1, 0.15) is 0 Å². The summed E-state index contributed by atoms with van der Waals surface area (Å²) in [5, 5.41) is 11.1. The third kappa shape index (κ3) is 3.75. The molecule has 2 N–H and O–H groups in total. The lowest BCUT2D eigenvalue weighted by Crippen LogP contribution is -2.31. The summed E-state index contributed by atoms with van der Waals surface area (Å²) in [6.45, 7) is 3.00. The maximum Gasteiger partial charge on any atom is 0.404 e. The summed E-state index contributed by atoms with van der Waals surface area (Å²) >= 11 is 0. The van der Waals surface area contributed by atoms with E-state index in [-0.39, 0.29) is 0 Å². The Morgan fingerprint density at radius 3 is 2.45 bits per heavy atom. The molecule has 0 heterocycles. The van der Waals surface area contributed by atoms with Crippen molar-refractivity contribution in [1.29, 1.82) is 0 Å². The van der Waals surface area contributed by atoms with Crippen LogP contribution < -0.4 is 10.2 Å². The molecule has 0 aliphatic carbocycles. The summed E-state index contributed by atoms with van der Waals surface area (Å²) in [7, 11) is 0. The Hall–Kier alpha value is -2.49. The van der Waals surface area contributed by atoms with Gasteiger partial charge in [-0.15, -0.1) is 0 Å². The number of rotatable bonds is 5. The number of carboxylic acid groups (broad SMARTS) is 1. The third-order valence-corrected chi connectivity index (χ3v) is 2.99. The van der Waals surface area contributed by atoms with Crippen molar-refractivity contribution in [3.8, 4) is 0 Å². The first-order chi connectivity index (χ1) is 9.66. The molecule has 0 bridgehead atoms. The van der Waals surface area contributed by atoms with Gasteiger partial charge in [-0.2, -0.15) is 0 Å². The second-order valence-corrected chi connectivity index (χ2v) is 4.56. The number of hydrogen-bond donors (Lipinski definition) is 2. The van der Waals surface area contributed by atoms with Gasteiger partial charge in [-0.3, -0.25) is 0 Å². The molecule has 0 aromatic heterocycles. The Bertz CT molecular complexity index is 570. The molecular formula is C16H18N2O2. The van der Waals surface area contributed by atoms with Gasteiger partial charge < -0.3 is 15.3 Å². The predicted molar refractivity (Wildman–Crippen MR) is 80.7 cm³/mol. The quantitative estimate of drug-likeness (QED) is 0.875. The van der Waals surface area contributed by atoms with Gasteiger partial charge >= 0.3 is 6.09 Å². The van der Waals surface area contributed by atoms with Crippen LogP contribution in [0.25, 0.3) is 0 Å². The van der Waals surface area contributed by atoms with Crippen LogP contribution in [0.1, 0.15) is 5.56 Å². The molecule has 0 radical (unpaired) electrons. The molecule has 0 saturated heterocycles. The lowest BCUT2D eigenvalue weighted by molar-refractivity contribution is 0.195. The molecule has 0 unspecified atom stereocenters. The molecule has 0 aliphatic rings. The highest BCUT2D eigenvalue weighted by molar-refractivity contribution is 5.66. The van der Waals surface area contributed by atoms with Gasteiger partial charge in [-0.05, 0) is 36.8 Å². The third-order valence-electron chi connectivity index (χ3n) is 2.99. The monoisotopic (exact) mass is 270 g/mol. The van der Waals surface area contributed by atoms with E-state index in [1.165, 1.54) is 5.56 Å². The van der Waals surface area contributed by atoms with Crippen LogP contribution in [0, 0.1) is 6.92 Å². The zero-order valence-electron chi connectivity index (χ0n) is 11.4. The van der Waals surface area contributed by atoms with Crippen molar-refractivity contribution >= 4 is 17.5 Å². The van der Waals surface area contributed by atoms with Crippen LogP contribution in [0.3, 0.4) is 0 Å². The maximum atomic E-state index is 10.6. The van der Waals surface area contributed by atoms with Crippen molar-refractivity contribution in [2.45, 2.75) is 6.92 Å². The lowest BCUT2D eigenvalue weighted by Gasteiger charge is -2.25. The van der Waals surface area contributed by atoms with E-state index in [1.807, 2.05) is 55.5 Å². The molecule has 104 valence electrons. The summed E-state index contributed by atoms with van der Waals surface area (Å²) in [5.74, 6) is 0. The standard InChI is InChI=1S/C16H18N2O2/c1-13-6-5-9-15(12-13)18(11-10-17-16(19)20)14-7-3-2-4-8-14/h2-9,12,17H,10-11H2,1H3,(H,19,20). The molecule has 0 spiro atoms. The number of aryl methyl sites for hydroxylation is 1. The molecule has 4 heteroatoms. The molecule has 2 aromatic rings. The number of carbonyl (C=O) groups is 1. The lowest BCUT2D eigenvalue weighted by atomic mass is 10.2. The zero-order chi connectivity index (χ0) is 14.4. The Balaban J connectivity index is 2.22. The first-order valence-corrected chi connectivity index (χ1v) is 6.53. The van der Waals surface area contributed by atoms with Gasteiger partial charge in [0.15, 0.2) is 0 Å². The molecular weight excluding hydrogens is 252 g/mol. The largest absolute Gasteiger partial charge is 0.465 e. The van der Waals surface area contributed by atoms with Crippen LogP contribution in [0.5, 0.6) is 0 Å². The smallest absolute Gasteiger partial charge is 0.404 e. The van der Waals surface area contributed by atoms with E-state index in [4.69, 9.17) is 5.11 Å². The second kappa shape index (κ2) is 6.61. The summed E-state index contributed by atoms with van der Waals surface area (Å²) in [4.78, 5) is 12.7. The average molecular weight is 270 g/mol. The van der Waals surface area contributed by atoms with Gasteiger partial charge in [0, 0.05) is 24.5 Å². The fourth-order valence-corrected chi connectivity index (χ4v) is 2.09. The number of nitrogens with zero attached hydrogens (tertiary/aromatic N) is 1. The number of nitrogens with one attached hydrogen (secondary N) is 1. The maximum absolute atomic E-state index is 10.6. The molecule has 4 nitrogen and oxygen atoms in total. The fourth-order valence-electron chi connectivity index (χ4n) is 2.09. The van der Waals surface area contributed by atoms with E-state index in [2.05, 4.69) is 16.3 Å². The highest BCUT2D eigenvalue weighted by Crippen LogP contribution is 2.25. The number of para-hydroxylation sites is 1. The number of hydrogen-bond acceptors (Lipinski definition) is 2. The van der Waals surface area contributed by atoms with Crippen molar-refractivity contribution in [2.75, 3.05) is 18.0 Å². The van der Waals surface area contributed by atoms with Crippen molar-refractivity contribution in [1.82, 2.24) is 5.32 Å². The highest BCUT2D eigenvalue weighted by Gasteiger charge is 2.09. The van der Waals surface area contributed by atoms with E-state index >= 15 is 0 Å². The average Bonchev–Trinajstić information content (AvgIpc) is 2.44. The fraction of sp³-hybridized carbons (Fsp3) is 0.188. The SMILES string of the molecule is Cc1cccc(N(CCNC(=O)O)c2ccccc2)c1. The summed E-state index contributed by atoms with van der Waals surface area (Å²) in [5.41, 5.74) is 3.28. The number of amides is 1. The van der Waals surface area contributed by atoms with Crippen LogP contribution >= 0.6 is 0 Å². The summed E-state index contributed by atoms with van der Waals surface area (Å²) in [6, 6.07) is 18.1. The van der Waals surface area contributed by atoms with Crippen molar-refractivity contribution in [3.63, 3.8) is 0 Å². The van der Waals surface area contributed by atoms with E-state index < -0.39 is 6.09 Å². The van der Waals surface area contributed by atoms with Crippen LogP contribution in [0.15, 0.2) is 54.6 Å². The van der Waals surface area contributed by atoms with Gasteiger partial charge in [0.25, 0.3) is 0 Å². The second-order valence-electron chi connectivity index (χ2n) is 4.56. The van der Waals surface area contributed by atoms with Crippen LogP contribution in [0.2, 0.25) is 0 Å². The first-order valence-electron chi connectivity index (χ1n) is 6.53. The molecule has 0 fully saturated rings. The van der Waals surface area contributed by atoms with Gasteiger partial charge in [0.2, 0.25) is 0 Å². The molecule has 0 aliphatic heterocycles. The van der Waals surface area contributed by atoms with Crippen molar-refractivity contribution in [2.24, 2.45) is 0 Å². The number of anilines is 2. The van der Waals surface area contributed by atoms with E-state index in [1.54, 1.807) is 0 Å². The number of benzene rings is 2. The van der Waals surface area contributed by atoms with Crippen molar-refractivity contribution in [3.05, 3.63) is 60.2 Å². The highest BCUT2D eigenvalue weighted by atomic mass is 16.4. The Labute approximate surface area is 118 Å². The summed E-state index contributed by atoms with van der Waals surface area (Å²) < 4.78 is 0. The van der Waals surface area contributed by atoms with E-state index in [9.17, 15) is 4.79 Å². The molecule has 2 aromatic carbocycles. The molecule has 0 atom stereocenters. The van der Waals surface area contributed by atoms with E-state index in [0.29, 0.717) is 13.1 Å². The summed E-state index contributed by atoms with van der Waals surface area (Å²) in [6.07, 6.45) is -0.998. The molecule has 0 saturated carbocycles. The predicted octanol–water partition coefficient (Wildman–Crippen LogP) is 3.40. The minimum Gasteiger partial charge on any atom is -0.465 e.